The van der Waals surface area contributed by atoms with Crippen molar-refractivity contribution in [2.24, 2.45) is 5.92 Å². The van der Waals surface area contributed by atoms with Gasteiger partial charge in [-0.15, -0.1) is 0 Å². The fourth-order valence-corrected chi connectivity index (χ4v) is 6.44. The number of benzene rings is 3. The van der Waals surface area contributed by atoms with Crippen LogP contribution >= 0.6 is 11.6 Å². The maximum absolute atomic E-state index is 13.6. The normalized spacial score (nSPS) is 20.9. The Kier molecular flexibility index (Phi) is 7.36. The Balaban J connectivity index is 1.20. The Labute approximate surface area is 233 Å². The van der Waals surface area contributed by atoms with E-state index >= 15 is 0 Å². The van der Waals surface area contributed by atoms with Gasteiger partial charge >= 0.3 is 0 Å². The van der Waals surface area contributed by atoms with Gasteiger partial charge in [-0.3, -0.25) is 4.90 Å². The smallest absolute Gasteiger partial charge is 0.295 e. The van der Waals surface area contributed by atoms with Crippen LogP contribution in [0.2, 0.25) is 5.02 Å². The van der Waals surface area contributed by atoms with E-state index in [-0.39, 0.29) is 5.82 Å². The third-order valence-electron chi connectivity index (χ3n) is 7.91. The average Bonchev–Trinajstić information content (AvgIpc) is 3.62. The summed E-state index contributed by atoms with van der Waals surface area (Å²) in [5.74, 6) is 1.80. The van der Waals surface area contributed by atoms with E-state index in [0.717, 1.165) is 66.1 Å². The van der Waals surface area contributed by atoms with Crippen molar-refractivity contribution in [1.29, 1.82) is 0 Å². The van der Waals surface area contributed by atoms with Gasteiger partial charge in [-0.25, -0.2) is 4.39 Å². The largest absolute Gasteiger partial charge is 0.493 e. The van der Waals surface area contributed by atoms with Crippen LogP contribution in [0.3, 0.4) is 0 Å². The molecule has 4 aromatic rings. The van der Waals surface area contributed by atoms with E-state index in [1.165, 1.54) is 12.1 Å². The Bertz CT molecular complexity index is 1430. The monoisotopic (exact) mass is 549 g/mol. The van der Waals surface area contributed by atoms with Crippen LogP contribution in [0.5, 0.6) is 11.5 Å². The van der Waals surface area contributed by atoms with Gasteiger partial charge in [0.2, 0.25) is 0 Å². The number of nitrogens with one attached hydrogen (secondary N) is 1. The minimum absolute atomic E-state index is 0.264. The van der Waals surface area contributed by atoms with E-state index in [1.54, 1.807) is 18.2 Å². The molecule has 0 radical (unpaired) electrons. The third-order valence-corrected chi connectivity index (χ3v) is 8.14. The number of rotatable bonds is 9. The Morgan fingerprint density at radius 1 is 1.00 bits per heavy atom. The number of hydrogen-bond donors (Lipinski definition) is 1. The molecule has 0 amide bonds. The lowest BCUT2D eigenvalue weighted by Gasteiger charge is -2.25. The van der Waals surface area contributed by atoms with Crippen molar-refractivity contribution in [1.82, 2.24) is 9.88 Å². The number of hydrogen-bond acceptors (Lipinski definition) is 6. The van der Waals surface area contributed by atoms with Gasteiger partial charge in [-0.2, -0.15) is 4.98 Å². The van der Waals surface area contributed by atoms with E-state index < -0.39 is 0 Å². The molecule has 8 heteroatoms. The zero-order valence-corrected chi connectivity index (χ0v) is 23.0. The summed E-state index contributed by atoms with van der Waals surface area (Å²) in [7, 11) is 0. The summed E-state index contributed by atoms with van der Waals surface area (Å²) < 4.78 is 31.7. The highest BCUT2D eigenvalue weighted by molar-refractivity contribution is 6.31. The number of likely N-dealkylation sites (tertiary alicyclic amines) is 1. The topological polar surface area (TPSA) is 59.8 Å². The molecule has 0 bridgehead atoms. The first-order valence-electron chi connectivity index (χ1n) is 13.8. The van der Waals surface area contributed by atoms with Gasteiger partial charge in [0.15, 0.2) is 5.58 Å². The van der Waals surface area contributed by atoms with Crippen LogP contribution in [0.25, 0.3) is 22.2 Å². The van der Waals surface area contributed by atoms with E-state index in [1.807, 2.05) is 26.0 Å². The third kappa shape index (κ3) is 5.30. The number of halogens is 2. The average molecular weight is 550 g/mol. The quantitative estimate of drug-likeness (QED) is 0.232. The second-order valence-electron chi connectivity index (χ2n) is 10.3. The Morgan fingerprint density at radius 3 is 2.46 bits per heavy atom. The fraction of sp³-hybridized carbons (Fsp3) is 0.387. The summed E-state index contributed by atoms with van der Waals surface area (Å²) in [5, 5.41) is 4.21. The Morgan fingerprint density at radius 2 is 1.74 bits per heavy atom. The van der Waals surface area contributed by atoms with Gasteiger partial charge in [0, 0.05) is 29.7 Å². The van der Waals surface area contributed by atoms with Gasteiger partial charge in [-0.05, 0) is 93.1 Å². The van der Waals surface area contributed by atoms with Crippen molar-refractivity contribution in [3.8, 4) is 22.6 Å². The summed E-state index contributed by atoms with van der Waals surface area (Å²) in [6.45, 7) is 6.87. The predicted molar refractivity (Wildman–Crippen MR) is 152 cm³/mol. The number of ether oxygens (including phenoxy) is 2. The van der Waals surface area contributed by atoms with Crippen molar-refractivity contribution in [3.05, 3.63) is 71.0 Å². The van der Waals surface area contributed by atoms with Crippen LogP contribution in [0.1, 0.15) is 38.7 Å². The van der Waals surface area contributed by atoms with Crippen molar-refractivity contribution >= 4 is 28.7 Å². The second kappa shape index (κ2) is 11.1. The lowest BCUT2D eigenvalue weighted by molar-refractivity contribution is 0.231. The highest BCUT2D eigenvalue weighted by Gasteiger charge is 2.44. The van der Waals surface area contributed by atoms with Crippen LogP contribution in [0, 0.1) is 11.7 Å². The molecule has 1 unspecified atom stereocenters. The summed E-state index contributed by atoms with van der Waals surface area (Å²) in [5.41, 5.74) is 4.41. The van der Waals surface area contributed by atoms with Crippen molar-refractivity contribution in [2.45, 2.75) is 51.7 Å². The highest BCUT2D eigenvalue weighted by atomic mass is 35.5. The van der Waals surface area contributed by atoms with Crippen molar-refractivity contribution < 1.29 is 18.3 Å². The molecule has 1 N–H and O–H groups in total. The molecule has 204 valence electrons. The lowest BCUT2D eigenvalue weighted by Crippen LogP contribution is -2.32. The second-order valence-corrected chi connectivity index (χ2v) is 10.7. The van der Waals surface area contributed by atoms with Crippen LogP contribution in [0.15, 0.2) is 59.0 Å². The number of oxazole rings is 1. The van der Waals surface area contributed by atoms with E-state index in [4.69, 9.17) is 25.5 Å². The lowest BCUT2D eigenvalue weighted by atomic mass is 9.99. The minimum atomic E-state index is -0.264. The van der Waals surface area contributed by atoms with Crippen LogP contribution < -0.4 is 14.8 Å². The molecule has 2 heterocycles. The molecule has 6 rings (SSSR count). The fourth-order valence-electron chi connectivity index (χ4n) is 6.28. The van der Waals surface area contributed by atoms with Crippen LogP contribution in [-0.2, 0) is 6.54 Å². The molecule has 39 heavy (non-hydrogen) atoms. The Hall–Kier alpha value is -3.29. The molecule has 3 atom stereocenters. The van der Waals surface area contributed by atoms with Gasteiger partial charge in [-0.1, -0.05) is 23.7 Å². The molecular weight excluding hydrogens is 517 g/mol. The van der Waals surface area contributed by atoms with Gasteiger partial charge in [0.05, 0.1) is 18.8 Å². The van der Waals surface area contributed by atoms with Crippen molar-refractivity contribution in [3.63, 3.8) is 0 Å². The molecule has 1 saturated carbocycles. The number of fused-ring (bicyclic) bond motifs is 2. The molecule has 1 aliphatic carbocycles. The summed E-state index contributed by atoms with van der Waals surface area (Å²) in [6, 6.07) is 17.6. The summed E-state index contributed by atoms with van der Waals surface area (Å²) >= 11 is 6.11. The van der Waals surface area contributed by atoms with E-state index in [9.17, 15) is 4.39 Å². The first-order valence-corrected chi connectivity index (χ1v) is 14.1. The molecule has 6 nitrogen and oxygen atoms in total. The molecule has 0 spiro atoms. The number of aromatic nitrogens is 1. The zero-order chi connectivity index (χ0) is 26.9. The SMILES string of the molecule is CCOc1cc(CN2CC[C@H]3C(Nc4nc5ccc(Cl)cc5o4)CC[C@H]32)cc(OCC)c1-c1ccc(F)cc1. The molecule has 2 fully saturated rings. The van der Waals surface area contributed by atoms with Gasteiger partial charge < -0.3 is 19.2 Å². The summed E-state index contributed by atoms with van der Waals surface area (Å²) in [6.07, 6.45) is 3.32. The maximum Gasteiger partial charge on any atom is 0.295 e. The molecule has 3 aromatic carbocycles. The van der Waals surface area contributed by atoms with Crippen LogP contribution in [0.4, 0.5) is 10.4 Å². The molecule has 1 aromatic heterocycles. The van der Waals surface area contributed by atoms with Crippen LogP contribution in [-0.4, -0.2) is 41.7 Å². The standard InChI is InChI=1S/C31H33ClFN3O3/c1-3-37-28-15-19(16-29(38-4-2)30(28)20-5-8-22(33)9-6-20)18-36-14-13-23-24(11-12-26(23)36)34-31-35-25-10-7-21(32)17-27(25)39-31/h5-10,15-17,23-24,26H,3-4,11-14,18H2,1-2H3,(H,34,35)/t23-,24?,26+/m0/s1. The van der Waals surface area contributed by atoms with E-state index in [2.05, 4.69) is 27.3 Å². The maximum atomic E-state index is 13.6. The van der Waals surface area contributed by atoms with Crippen molar-refractivity contribution in [2.75, 3.05) is 25.1 Å². The molecule has 2 aliphatic rings. The minimum Gasteiger partial charge on any atom is -0.493 e. The molecule has 1 saturated heterocycles. The van der Waals surface area contributed by atoms with E-state index in [0.29, 0.717) is 47.8 Å². The molecule has 1 aliphatic heterocycles. The van der Waals surface area contributed by atoms with Gasteiger partial charge in [0.1, 0.15) is 22.8 Å². The summed E-state index contributed by atoms with van der Waals surface area (Å²) in [4.78, 5) is 7.19. The number of nitrogens with zero attached hydrogens (tertiary/aromatic N) is 2. The molecular formula is C31H33ClFN3O3. The first kappa shape index (κ1) is 26.0. The zero-order valence-electron chi connectivity index (χ0n) is 22.3. The first-order chi connectivity index (χ1) is 19.0. The number of anilines is 1. The predicted octanol–water partition coefficient (Wildman–Crippen LogP) is 7.55. The van der Waals surface area contributed by atoms with Gasteiger partial charge in [0.25, 0.3) is 6.01 Å². The highest BCUT2D eigenvalue weighted by Crippen LogP contribution is 2.43.